The van der Waals surface area contributed by atoms with Gasteiger partial charge in [-0.3, -0.25) is 14.3 Å². The van der Waals surface area contributed by atoms with Crippen molar-refractivity contribution in [1.82, 2.24) is 15.0 Å². The van der Waals surface area contributed by atoms with E-state index in [0.29, 0.717) is 46.9 Å². The summed E-state index contributed by atoms with van der Waals surface area (Å²) in [5.41, 5.74) is 4.37. The number of nitriles is 1. The number of nitrogens with zero attached hydrogens (tertiary/aromatic N) is 5. The Kier molecular flexibility index (Phi) is 5.33. The maximum Gasteiger partial charge on any atom is 0.244 e. The summed E-state index contributed by atoms with van der Waals surface area (Å²) < 4.78 is 32.7. The van der Waals surface area contributed by atoms with Crippen molar-refractivity contribution in [3.8, 4) is 29.0 Å². The number of anilines is 1. The van der Waals surface area contributed by atoms with Crippen LogP contribution in [0.3, 0.4) is 0 Å². The summed E-state index contributed by atoms with van der Waals surface area (Å²) in [6.07, 6.45) is 3.61. The van der Waals surface area contributed by atoms with E-state index in [9.17, 15) is 13.7 Å². The molecule has 9 heteroatoms. The van der Waals surface area contributed by atoms with Gasteiger partial charge < -0.3 is 4.74 Å². The molecule has 158 valence electrons. The molecule has 0 atom stereocenters. The van der Waals surface area contributed by atoms with Crippen LogP contribution in [-0.2, 0) is 10.0 Å². The third-order valence-corrected chi connectivity index (χ3v) is 6.88. The third kappa shape index (κ3) is 4.07. The molecule has 0 radical (unpaired) electrons. The second-order valence-corrected chi connectivity index (χ2v) is 9.45. The zero-order chi connectivity index (χ0) is 22.2. The van der Waals surface area contributed by atoms with Crippen LogP contribution in [0.15, 0.2) is 36.7 Å². The molecule has 4 heterocycles. The highest BCUT2D eigenvalue weighted by molar-refractivity contribution is 7.93. The molecule has 1 fully saturated rings. The van der Waals surface area contributed by atoms with Crippen LogP contribution in [-0.4, -0.2) is 35.7 Å². The Morgan fingerprint density at radius 2 is 1.94 bits per heavy atom. The van der Waals surface area contributed by atoms with Crippen LogP contribution in [0.2, 0.25) is 0 Å². The largest absolute Gasteiger partial charge is 0.435 e. The number of rotatable bonds is 4. The number of hydrogen-bond donors (Lipinski definition) is 0. The van der Waals surface area contributed by atoms with Crippen LogP contribution in [0.5, 0.6) is 11.6 Å². The van der Waals surface area contributed by atoms with Gasteiger partial charge in [-0.1, -0.05) is 0 Å². The SMILES string of the molecule is Cc1cc(C)c(Oc2nc(-c3cncc(C#N)c3)ccc2N2CCCS2(=O)=O)c(C)n1. The lowest BCUT2D eigenvalue weighted by Gasteiger charge is -2.21. The first-order valence-electron chi connectivity index (χ1n) is 9.78. The zero-order valence-corrected chi connectivity index (χ0v) is 18.3. The lowest BCUT2D eigenvalue weighted by atomic mass is 10.1. The van der Waals surface area contributed by atoms with Crippen molar-refractivity contribution < 1.29 is 13.2 Å². The van der Waals surface area contributed by atoms with Crippen LogP contribution in [0, 0.1) is 32.1 Å². The summed E-state index contributed by atoms with van der Waals surface area (Å²) in [5, 5.41) is 9.17. The van der Waals surface area contributed by atoms with Gasteiger partial charge in [-0.25, -0.2) is 13.4 Å². The summed E-state index contributed by atoms with van der Waals surface area (Å²) in [6, 6.07) is 9.03. The van der Waals surface area contributed by atoms with E-state index >= 15 is 0 Å². The smallest absolute Gasteiger partial charge is 0.244 e. The van der Waals surface area contributed by atoms with Crippen molar-refractivity contribution in [3.63, 3.8) is 0 Å². The van der Waals surface area contributed by atoms with E-state index in [1.165, 1.54) is 10.5 Å². The summed E-state index contributed by atoms with van der Waals surface area (Å²) in [6.45, 7) is 6.02. The van der Waals surface area contributed by atoms with Crippen LogP contribution >= 0.6 is 0 Å². The van der Waals surface area contributed by atoms with Gasteiger partial charge in [0.05, 0.1) is 22.7 Å². The molecule has 31 heavy (non-hydrogen) atoms. The summed E-state index contributed by atoms with van der Waals surface area (Å²) in [7, 11) is -3.43. The average molecular weight is 436 g/mol. The zero-order valence-electron chi connectivity index (χ0n) is 17.5. The predicted molar refractivity (Wildman–Crippen MR) is 116 cm³/mol. The van der Waals surface area contributed by atoms with E-state index in [1.807, 2.05) is 26.8 Å². The molecule has 1 aliphatic heterocycles. The van der Waals surface area contributed by atoms with E-state index < -0.39 is 10.0 Å². The summed E-state index contributed by atoms with van der Waals surface area (Å²) >= 11 is 0. The quantitative estimate of drug-likeness (QED) is 0.615. The normalized spacial score (nSPS) is 15.0. The van der Waals surface area contributed by atoms with Gasteiger partial charge in [-0.2, -0.15) is 5.26 Å². The molecule has 0 spiro atoms. The van der Waals surface area contributed by atoms with Gasteiger partial charge in [0, 0.05) is 30.2 Å². The Labute approximate surface area is 181 Å². The number of pyridine rings is 3. The molecule has 3 aromatic rings. The molecule has 0 saturated carbocycles. The first-order valence-corrected chi connectivity index (χ1v) is 11.4. The molecule has 0 amide bonds. The van der Waals surface area contributed by atoms with Crippen molar-refractivity contribution in [2.24, 2.45) is 0 Å². The van der Waals surface area contributed by atoms with Gasteiger partial charge in [-0.05, 0) is 57.0 Å². The van der Waals surface area contributed by atoms with Crippen LogP contribution in [0.25, 0.3) is 11.3 Å². The number of sulfonamides is 1. The van der Waals surface area contributed by atoms with E-state index in [4.69, 9.17) is 4.74 Å². The van der Waals surface area contributed by atoms with Crippen LogP contribution < -0.4 is 9.04 Å². The van der Waals surface area contributed by atoms with Gasteiger partial charge in [-0.15, -0.1) is 0 Å². The molecule has 1 saturated heterocycles. The standard InChI is InChI=1S/C22H21N5O3S/c1-14-9-15(2)25-16(3)21(14)30-22-20(27-7-4-8-31(27,28)29)6-5-19(26-22)18-10-17(11-23)12-24-13-18/h5-6,9-10,12-13H,4,7-8H2,1-3H3. The lowest BCUT2D eigenvalue weighted by molar-refractivity contribution is 0.454. The second kappa shape index (κ2) is 7.96. The molecule has 0 aliphatic carbocycles. The highest BCUT2D eigenvalue weighted by atomic mass is 32.2. The first-order chi connectivity index (χ1) is 14.8. The van der Waals surface area contributed by atoms with Crippen LogP contribution in [0.4, 0.5) is 5.69 Å². The molecular formula is C22H21N5O3S. The molecule has 0 aromatic carbocycles. The van der Waals surface area contributed by atoms with Crippen molar-refractivity contribution in [2.45, 2.75) is 27.2 Å². The minimum Gasteiger partial charge on any atom is -0.435 e. The minimum atomic E-state index is -3.43. The Bertz CT molecular complexity index is 1290. The van der Waals surface area contributed by atoms with Gasteiger partial charge >= 0.3 is 0 Å². The van der Waals surface area contributed by atoms with Gasteiger partial charge in [0.1, 0.15) is 11.8 Å². The topological polar surface area (TPSA) is 109 Å². The van der Waals surface area contributed by atoms with E-state index in [-0.39, 0.29) is 11.6 Å². The molecule has 1 aliphatic rings. The average Bonchev–Trinajstić information content (AvgIpc) is 3.09. The highest BCUT2D eigenvalue weighted by Crippen LogP contribution is 2.38. The maximum absolute atomic E-state index is 12.6. The molecule has 0 unspecified atom stereocenters. The van der Waals surface area contributed by atoms with Crippen molar-refractivity contribution in [2.75, 3.05) is 16.6 Å². The molecular weight excluding hydrogens is 414 g/mol. The third-order valence-electron chi connectivity index (χ3n) is 5.03. The first kappa shape index (κ1) is 20.8. The number of aryl methyl sites for hydroxylation is 3. The fourth-order valence-corrected chi connectivity index (χ4v) is 5.23. The van der Waals surface area contributed by atoms with Crippen molar-refractivity contribution in [3.05, 3.63) is 59.2 Å². The fourth-order valence-electron chi connectivity index (χ4n) is 3.67. The predicted octanol–water partition coefficient (Wildman–Crippen LogP) is 3.67. The highest BCUT2D eigenvalue weighted by Gasteiger charge is 2.32. The number of hydrogen-bond acceptors (Lipinski definition) is 7. The molecule has 8 nitrogen and oxygen atoms in total. The van der Waals surface area contributed by atoms with Gasteiger partial charge in [0.15, 0.2) is 5.75 Å². The van der Waals surface area contributed by atoms with Crippen molar-refractivity contribution >= 4 is 15.7 Å². The van der Waals surface area contributed by atoms with E-state index in [1.54, 1.807) is 24.4 Å². The monoisotopic (exact) mass is 435 g/mol. The molecule has 3 aromatic heterocycles. The van der Waals surface area contributed by atoms with Gasteiger partial charge in [0.2, 0.25) is 15.9 Å². The Hall–Kier alpha value is -3.51. The lowest BCUT2D eigenvalue weighted by Crippen LogP contribution is -2.25. The van der Waals surface area contributed by atoms with Gasteiger partial charge in [0.25, 0.3) is 0 Å². The van der Waals surface area contributed by atoms with E-state index in [0.717, 1.165) is 11.3 Å². The summed E-state index contributed by atoms with van der Waals surface area (Å²) in [5.74, 6) is 0.797. The number of aromatic nitrogens is 3. The number of ether oxygens (including phenoxy) is 1. The van der Waals surface area contributed by atoms with Crippen molar-refractivity contribution in [1.29, 1.82) is 5.26 Å². The molecule has 0 bridgehead atoms. The molecule has 4 rings (SSSR count). The molecule has 0 N–H and O–H groups in total. The fraction of sp³-hybridized carbons (Fsp3) is 0.273. The Morgan fingerprint density at radius 1 is 1.13 bits per heavy atom. The Balaban J connectivity index is 1.86. The second-order valence-electron chi connectivity index (χ2n) is 7.43. The summed E-state index contributed by atoms with van der Waals surface area (Å²) in [4.78, 5) is 13.2. The minimum absolute atomic E-state index is 0.0898. The Morgan fingerprint density at radius 3 is 2.61 bits per heavy atom. The van der Waals surface area contributed by atoms with E-state index in [2.05, 4.69) is 21.0 Å². The maximum atomic E-state index is 12.6. The van der Waals surface area contributed by atoms with Crippen LogP contribution in [0.1, 0.15) is 28.9 Å².